The van der Waals surface area contributed by atoms with E-state index in [9.17, 15) is 4.79 Å². The molecule has 2 aromatic carbocycles. The van der Waals surface area contributed by atoms with Gasteiger partial charge in [-0.3, -0.25) is 4.79 Å². The van der Waals surface area contributed by atoms with E-state index in [2.05, 4.69) is 0 Å². The number of rotatable bonds is 12. The first-order valence-corrected chi connectivity index (χ1v) is 9.32. The molecule has 2 unspecified atom stereocenters. The van der Waals surface area contributed by atoms with Crippen molar-refractivity contribution >= 4 is 17.2 Å². The summed E-state index contributed by atoms with van der Waals surface area (Å²) >= 11 is 0. The molecule has 0 saturated heterocycles. The number of ketones is 1. The molecule has 0 spiro atoms. The van der Waals surface area contributed by atoms with Gasteiger partial charge in [0, 0.05) is 17.4 Å². The lowest BCUT2D eigenvalue weighted by Crippen LogP contribution is -2.35. The maximum Gasteiger partial charge on any atom is 0.175 e. The molecular formula is C21H30N4O3. The number of nitrogen functional groups attached to an aromatic ring is 2. The van der Waals surface area contributed by atoms with Gasteiger partial charge in [-0.25, -0.2) is 0 Å². The molecule has 0 radical (unpaired) electrons. The van der Waals surface area contributed by atoms with Gasteiger partial charge in [-0.1, -0.05) is 24.3 Å². The number of ether oxygens (including phenoxy) is 2. The fourth-order valence-corrected chi connectivity index (χ4v) is 2.68. The second-order valence-corrected chi connectivity index (χ2v) is 6.89. The number of hydrogen-bond donors (Lipinski definition) is 4. The van der Waals surface area contributed by atoms with Gasteiger partial charge in [-0.05, 0) is 54.7 Å². The summed E-state index contributed by atoms with van der Waals surface area (Å²) in [5.74, 6) is -0.166. The Labute approximate surface area is 166 Å². The number of Topliss-reactive ketones (excluding diaryl/α,β-unsaturated/α-hetero) is 1. The van der Waals surface area contributed by atoms with Crippen LogP contribution in [0.4, 0.5) is 11.4 Å². The van der Waals surface area contributed by atoms with E-state index in [0.717, 1.165) is 23.2 Å². The molecule has 28 heavy (non-hydrogen) atoms. The minimum absolute atomic E-state index is 0.0152. The molecule has 0 heterocycles. The first-order valence-electron chi connectivity index (χ1n) is 9.32. The Morgan fingerprint density at radius 2 is 1.36 bits per heavy atom. The van der Waals surface area contributed by atoms with Gasteiger partial charge in [-0.2, -0.15) is 0 Å². The maximum atomic E-state index is 12.0. The van der Waals surface area contributed by atoms with Gasteiger partial charge in [0.1, 0.15) is 13.4 Å². The Morgan fingerprint density at radius 1 is 0.821 bits per heavy atom. The van der Waals surface area contributed by atoms with E-state index in [4.69, 9.17) is 32.4 Å². The van der Waals surface area contributed by atoms with Crippen LogP contribution in [0, 0.1) is 0 Å². The van der Waals surface area contributed by atoms with E-state index in [1.807, 2.05) is 36.4 Å². The Morgan fingerprint density at radius 3 is 1.93 bits per heavy atom. The van der Waals surface area contributed by atoms with Crippen LogP contribution in [0.25, 0.3) is 0 Å². The number of carbonyl (C=O) groups is 1. The summed E-state index contributed by atoms with van der Waals surface area (Å²) in [4.78, 5) is 12.0. The van der Waals surface area contributed by atoms with Gasteiger partial charge < -0.3 is 32.4 Å². The smallest absolute Gasteiger partial charge is 0.175 e. The van der Waals surface area contributed by atoms with Crippen molar-refractivity contribution in [3.8, 4) is 0 Å². The van der Waals surface area contributed by atoms with Crippen LogP contribution in [0.15, 0.2) is 48.5 Å². The van der Waals surface area contributed by atoms with Crippen molar-refractivity contribution in [1.82, 2.24) is 0 Å². The molecule has 0 aliphatic heterocycles. The van der Waals surface area contributed by atoms with Crippen molar-refractivity contribution in [2.24, 2.45) is 11.5 Å². The van der Waals surface area contributed by atoms with Crippen LogP contribution in [-0.4, -0.2) is 37.9 Å². The highest BCUT2D eigenvalue weighted by molar-refractivity contribution is 5.85. The van der Waals surface area contributed by atoms with Gasteiger partial charge in [0.2, 0.25) is 0 Å². The van der Waals surface area contributed by atoms with Crippen LogP contribution in [0.3, 0.4) is 0 Å². The van der Waals surface area contributed by atoms with Gasteiger partial charge in [-0.15, -0.1) is 0 Å². The summed E-state index contributed by atoms with van der Waals surface area (Å²) in [7, 11) is 0. The first kappa shape index (κ1) is 21.8. The molecule has 0 aromatic heterocycles. The average Bonchev–Trinajstić information content (AvgIpc) is 2.68. The molecule has 0 amide bonds. The van der Waals surface area contributed by atoms with E-state index in [-0.39, 0.29) is 25.2 Å². The molecule has 2 rings (SSSR count). The molecule has 2 atom stereocenters. The highest BCUT2D eigenvalue weighted by atomic mass is 16.7. The molecule has 0 aliphatic carbocycles. The SMILES string of the molecule is Nc1ccc(CC(N)CCOCOCC(=O)C(N)Cc2ccc(N)cc2)cc1. The highest BCUT2D eigenvalue weighted by Gasteiger charge is 2.14. The predicted molar refractivity (Wildman–Crippen MR) is 111 cm³/mol. The molecule has 7 nitrogen and oxygen atoms in total. The van der Waals surface area contributed by atoms with Crippen LogP contribution in [0.5, 0.6) is 0 Å². The lowest BCUT2D eigenvalue weighted by atomic mass is 10.0. The standard InChI is InChI=1S/C21H30N4O3/c22-17-5-1-15(2-6-17)11-19(24)9-10-27-14-28-13-21(26)20(25)12-16-3-7-18(23)8-4-16/h1-8,19-20H,9-14,22-25H2. The number of anilines is 2. The molecule has 7 heteroatoms. The Bertz CT molecular complexity index is 719. The minimum atomic E-state index is -0.614. The summed E-state index contributed by atoms with van der Waals surface area (Å²) in [6.07, 6.45) is 1.89. The number of carbonyl (C=O) groups excluding carboxylic acids is 1. The largest absolute Gasteiger partial charge is 0.399 e. The fourth-order valence-electron chi connectivity index (χ4n) is 2.68. The zero-order valence-electron chi connectivity index (χ0n) is 16.1. The van der Waals surface area contributed by atoms with Gasteiger partial charge in [0.15, 0.2) is 5.78 Å². The molecule has 0 bridgehead atoms. The predicted octanol–water partition coefficient (Wildman–Crippen LogP) is 1.24. The molecule has 0 fully saturated rings. The third-order valence-electron chi connectivity index (χ3n) is 4.37. The van der Waals surface area contributed by atoms with Gasteiger partial charge >= 0.3 is 0 Å². The normalized spacial score (nSPS) is 13.2. The zero-order valence-corrected chi connectivity index (χ0v) is 16.1. The summed E-state index contributed by atoms with van der Waals surface area (Å²) in [5.41, 5.74) is 26.8. The first-order chi connectivity index (χ1) is 13.4. The fraction of sp³-hybridized carbons (Fsp3) is 0.381. The molecular weight excluding hydrogens is 356 g/mol. The summed E-state index contributed by atoms with van der Waals surface area (Å²) < 4.78 is 10.7. The zero-order chi connectivity index (χ0) is 20.4. The maximum absolute atomic E-state index is 12.0. The van der Waals surface area contributed by atoms with Crippen LogP contribution in [0.1, 0.15) is 17.5 Å². The summed E-state index contributed by atoms with van der Waals surface area (Å²) in [5, 5.41) is 0. The monoisotopic (exact) mass is 386 g/mol. The second kappa shape index (κ2) is 11.4. The highest BCUT2D eigenvalue weighted by Crippen LogP contribution is 2.09. The average molecular weight is 386 g/mol. The Kier molecular flexibility index (Phi) is 8.90. The third kappa shape index (κ3) is 8.06. The molecule has 152 valence electrons. The van der Waals surface area contributed by atoms with Crippen LogP contribution in [-0.2, 0) is 27.1 Å². The second-order valence-electron chi connectivity index (χ2n) is 6.89. The van der Waals surface area contributed by atoms with Crippen molar-refractivity contribution in [2.45, 2.75) is 31.3 Å². The van der Waals surface area contributed by atoms with E-state index in [0.29, 0.717) is 25.1 Å². The Hall–Kier alpha value is -2.45. The van der Waals surface area contributed by atoms with Gasteiger partial charge in [0.25, 0.3) is 0 Å². The lowest BCUT2D eigenvalue weighted by Gasteiger charge is -2.13. The topological polar surface area (TPSA) is 140 Å². The van der Waals surface area contributed by atoms with Crippen molar-refractivity contribution in [3.63, 3.8) is 0 Å². The third-order valence-corrected chi connectivity index (χ3v) is 4.37. The van der Waals surface area contributed by atoms with E-state index in [1.165, 1.54) is 0 Å². The quantitative estimate of drug-likeness (QED) is 0.244. The van der Waals surface area contributed by atoms with Crippen molar-refractivity contribution in [1.29, 1.82) is 0 Å². The lowest BCUT2D eigenvalue weighted by molar-refractivity contribution is -0.131. The minimum Gasteiger partial charge on any atom is -0.399 e. The van der Waals surface area contributed by atoms with Crippen molar-refractivity contribution in [2.75, 3.05) is 31.5 Å². The number of nitrogens with two attached hydrogens (primary N) is 4. The number of hydrogen-bond acceptors (Lipinski definition) is 7. The van der Waals surface area contributed by atoms with Crippen LogP contribution in [0.2, 0.25) is 0 Å². The van der Waals surface area contributed by atoms with Gasteiger partial charge in [0.05, 0.1) is 12.6 Å². The molecule has 2 aromatic rings. The van der Waals surface area contributed by atoms with E-state index >= 15 is 0 Å². The molecule has 0 saturated carbocycles. The van der Waals surface area contributed by atoms with Crippen LogP contribution < -0.4 is 22.9 Å². The van der Waals surface area contributed by atoms with Crippen molar-refractivity contribution in [3.05, 3.63) is 59.7 Å². The summed E-state index contributed by atoms with van der Waals surface area (Å²) in [6.45, 7) is 0.421. The molecule has 8 N–H and O–H groups in total. The molecule has 0 aliphatic rings. The van der Waals surface area contributed by atoms with E-state index in [1.54, 1.807) is 12.1 Å². The summed E-state index contributed by atoms with van der Waals surface area (Å²) in [6, 6.07) is 14.3. The van der Waals surface area contributed by atoms with E-state index < -0.39 is 6.04 Å². The Balaban J connectivity index is 1.54. The van der Waals surface area contributed by atoms with Crippen molar-refractivity contribution < 1.29 is 14.3 Å². The van der Waals surface area contributed by atoms with Crippen LogP contribution >= 0.6 is 0 Å². The number of benzene rings is 2.